The van der Waals surface area contributed by atoms with E-state index in [-0.39, 0.29) is 5.52 Å². The number of hydrogen-bond donors (Lipinski definition) is 2. The van der Waals surface area contributed by atoms with E-state index in [9.17, 15) is 4.79 Å². The Morgan fingerprint density at radius 3 is 2.95 bits per heavy atom. The quantitative estimate of drug-likeness (QED) is 0.715. The van der Waals surface area contributed by atoms with Crippen LogP contribution in [0.5, 0.6) is 0 Å². The van der Waals surface area contributed by atoms with Crippen LogP contribution in [0.15, 0.2) is 48.9 Å². The molecule has 0 saturated carbocycles. The molecular weight excluding hydrogens is 281 g/mol. The maximum Gasteiger partial charge on any atom is 0.180 e. The number of carbonyl (C=O) groups excluding carboxylic acids is 1. The summed E-state index contributed by atoms with van der Waals surface area (Å²) in [4.78, 5) is 19.6. The van der Waals surface area contributed by atoms with Gasteiger partial charge in [0.15, 0.2) is 5.52 Å². The van der Waals surface area contributed by atoms with Gasteiger partial charge in [-0.1, -0.05) is 36.4 Å². The Labute approximate surface area is 123 Å². The van der Waals surface area contributed by atoms with Gasteiger partial charge in [-0.25, -0.2) is 4.98 Å². The highest BCUT2D eigenvalue weighted by molar-refractivity contribution is 7.97. The van der Waals surface area contributed by atoms with Gasteiger partial charge < -0.3 is 10.7 Å². The fourth-order valence-corrected chi connectivity index (χ4v) is 4.98. The number of nitrogens with one attached hydrogen (secondary N) is 1. The average Bonchev–Trinajstić information content (AvgIpc) is 3.04. The van der Waals surface area contributed by atoms with E-state index in [4.69, 9.17) is 5.73 Å². The number of rotatable bonds is 4. The molecule has 0 fully saturated rings. The molecule has 4 nitrogen and oxygen atoms in total. The first-order chi connectivity index (χ1) is 10.3. The van der Waals surface area contributed by atoms with E-state index in [1.807, 2.05) is 12.1 Å². The van der Waals surface area contributed by atoms with Gasteiger partial charge in [-0.3, -0.25) is 4.79 Å². The van der Waals surface area contributed by atoms with Crippen molar-refractivity contribution in [3.05, 3.63) is 54.6 Å². The van der Waals surface area contributed by atoms with Crippen molar-refractivity contribution in [3.8, 4) is 0 Å². The number of fused-ring (bicyclic) bond motifs is 3. The number of imidazole rings is 1. The van der Waals surface area contributed by atoms with E-state index < -0.39 is 14.0 Å². The molecule has 2 aromatic carbocycles. The third kappa shape index (κ3) is 2.08. The fraction of sp³-hybridized carbons (Fsp3) is 0.125. The second-order valence-corrected chi connectivity index (χ2v) is 7.24. The smallest absolute Gasteiger partial charge is 0.180 e. The number of hydrogen-bond acceptors (Lipinski definition) is 3. The van der Waals surface area contributed by atoms with Crippen LogP contribution in [-0.4, -0.2) is 21.5 Å². The van der Waals surface area contributed by atoms with Crippen LogP contribution in [0.4, 0.5) is 0 Å². The molecule has 104 valence electrons. The van der Waals surface area contributed by atoms with E-state index in [1.165, 1.54) is 21.4 Å². The molecule has 4 rings (SSSR count). The predicted octanol–water partition coefficient (Wildman–Crippen LogP) is 1.41. The standard InChI is InChI=1S/C16H14N3OP/c17-13(7-11-8-18-9-19-11)16(20)21-14-6-5-10-3-1-2-4-12(10)15(14)21/h1-6,8-9,13H,7,17H2,(H,18,19)/t13-,21?/m0/s1. The molecule has 5 heteroatoms. The van der Waals surface area contributed by atoms with Gasteiger partial charge in [-0.15, -0.1) is 0 Å². The number of carbonyl (C=O) groups is 1. The van der Waals surface area contributed by atoms with Crippen LogP contribution in [0.25, 0.3) is 10.8 Å². The summed E-state index contributed by atoms with van der Waals surface area (Å²) in [6.45, 7) is 0. The minimum Gasteiger partial charge on any atom is -0.351 e. The summed E-state index contributed by atoms with van der Waals surface area (Å²) >= 11 is 0. The molecule has 1 aliphatic heterocycles. The van der Waals surface area contributed by atoms with E-state index in [1.54, 1.807) is 12.5 Å². The summed E-state index contributed by atoms with van der Waals surface area (Å²) in [5.41, 5.74) is 7.07. The molecule has 2 heterocycles. The highest BCUT2D eigenvalue weighted by atomic mass is 31.1. The van der Waals surface area contributed by atoms with Gasteiger partial charge >= 0.3 is 0 Å². The summed E-state index contributed by atoms with van der Waals surface area (Å²) in [6, 6.07) is 11.9. The van der Waals surface area contributed by atoms with Crippen molar-refractivity contribution in [2.24, 2.45) is 5.73 Å². The van der Waals surface area contributed by atoms with Crippen molar-refractivity contribution in [3.63, 3.8) is 0 Å². The molecule has 0 radical (unpaired) electrons. The third-order valence-electron chi connectivity index (χ3n) is 3.82. The molecule has 3 N–H and O–H groups in total. The topological polar surface area (TPSA) is 71.8 Å². The van der Waals surface area contributed by atoms with Gasteiger partial charge in [0, 0.05) is 25.8 Å². The third-order valence-corrected chi connectivity index (χ3v) is 6.15. The molecule has 2 atom stereocenters. The molecule has 1 aromatic heterocycles. The normalized spacial score (nSPS) is 17.5. The van der Waals surface area contributed by atoms with Crippen LogP contribution < -0.4 is 16.3 Å². The Morgan fingerprint density at radius 1 is 1.29 bits per heavy atom. The zero-order chi connectivity index (χ0) is 14.4. The van der Waals surface area contributed by atoms with Crippen LogP contribution in [0.2, 0.25) is 0 Å². The lowest BCUT2D eigenvalue weighted by molar-refractivity contribution is -0.112. The van der Waals surface area contributed by atoms with Crippen molar-refractivity contribution in [1.29, 1.82) is 0 Å². The van der Waals surface area contributed by atoms with Crippen LogP contribution in [0, 0.1) is 0 Å². The van der Waals surface area contributed by atoms with E-state index >= 15 is 0 Å². The van der Waals surface area contributed by atoms with Crippen LogP contribution in [-0.2, 0) is 11.2 Å². The van der Waals surface area contributed by atoms with Crippen LogP contribution >= 0.6 is 7.92 Å². The molecule has 0 bridgehead atoms. The summed E-state index contributed by atoms with van der Waals surface area (Å²) < 4.78 is 0. The Morgan fingerprint density at radius 2 is 2.14 bits per heavy atom. The molecule has 3 aromatic rings. The number of nitrogens with zero attached hydrogens (tertiary/aromatic N) is 1. The summed E-state index contributed by atoms with van der Waals surface area (Å²) in [7, 11) is -0.839. The van der Waals surface area contributed by atoms with Crippen molar-refractivity contribution >= 4 is 34.8 Å². The lowest BCUT2D eigenvalue weighted by atomic mass is 10.1. The number of aromatic amines is 1. The first-order valence-electron chi connectivity index (χ1n) is 6.84. The highest BCUT2D eigenvalue weighted by Gasteiger charge is 2.42. The van der Waals surface area contributed by atoms with Gasteiger partial charge in [0.2, 0.25) is 0 Å². The van der Waals surface area contributed by atoms with Gasteiger partial charge in [0.25, 0.3) is 0 Å². The van der Waals surface area contributed by atoms with Crippen molar-refractivity contribution in [2.45, 2.75) is 12.5 Å². The molecule has 0 spiro atoms. The monoisotopic (exact) mass is 295 g/mol. The van der Waals surface area contributed by atoms with Crippen molar-refractivity contribution in [1.82, 2.24) is 9.97 Å². The first-order valence-corrected chi connectivity index (χ1v) is 8.19. The molecule has 0 aliphatic carbocycles. The maximum absolute atomic E-state index is 12.6. The first kappa shape index (κ1) is 12.7. The van der Waals surface area contributed by atoms with Gasteiger partial charge in [0.1, 0.15) is 0 Å². The Hall–Kier alpha value is -2.03. The lowest BCUT2D eigenvalue weighted by Gasteiger charge is -2.07. The Kier molecular flexibility index (Phi) is 2.88. The Balaban J connectivity index is 1.60. The minimum atomic E-state index is -0.839. The lowest BCUT2D eigenvalue weighted by Crippen LogP contribution is -2.31. The fourth-order valence-electron chi connectivity index (χ4n) is 2.73. The average molecular weight is 295 g/mol. The van der Waals surface area contributed by atoms with Gasteiger partial charge in [-0.05, 0) is 16.1 Å². The zero-order valence-electron chi connectivity index (χ0n) is 11.3. The second-order valence-electron chi connectivity index (χ2n) is 5.20. The van der Waals surface area contributed by atoms with Crippen molar-refractivity contribution < 1.29 is 4.79 Å². The summed E-state index contributed by atoms with van der Waals surface area (Å²) in [6.07, 6.45) is 3.89. The van der Waals surface area contributed by atoms with Crippen LogP contribution in [0.3, 0.4) is 0 Å². The highest BCUT2D eigenvalue weighted by Crippen LogP contribution is 2.49. The molecular formula is C16H14N3OP. The molecule has 0 saturated heterocycles. The molecule has 0 amide bonds. The minimum absolute atomic E-state index is 0.152. The zero-order valence-corrected chi connectivity index (χ0v) is 12.2. The second kappa shape index (κ2) is 4.76. The van der Waals surface area contributed by atoms with E-state index in [2.05, 4.69) is 34.2 Å². The van der Waals surface area contributed by atoms with Gasteiger partial charge in [-0.2, -0.15) is 0 Å². The summed E-state index contributed by atoms with van der Waals surface area (Å²) in [5.74, 6) is 0. The Bertz CT molecular complexity index is 829. The van der Waals surface area contributed by atoms with Crippen molar-refractivity contribution in [2.75, 3.05) is 0 Å². The van der Waals surface area contributed by atoms with E-state index in [0.29, 0.717) is 6.42 Å². The largest absolute Gasteiger partial charge is 0.351 e. The maximum atomic E-state index is 12.6. The number of aromatic nitrogens is 2. The SMILES string of the molecule is N[C@@H](Cc1c[nH]cn1)C(=O)P1c2ccc3ccccc3c21. The number of nitrogens with two attached hydrogens (primary N) is 1. The summed E-state index contributed by atoms with van der Waals surface area (Å²) in [5, 5.41) is 4.79. The number of H-pyrrole nitrogens is 1. The predicted molar refractivity (Wildman–Crippen MR) is 85.4 cm³/mol. The number of benzene rings is 2. The van der Waals surface area contributed by atoms with Gasteiger partial charge in [0.05, 0.1) is 18.1 Å². The van der Waals surface area contributed by atoms with E-state index in [0.717, 1.165) is 5.69 Å². The molecule has 21 heavy (non-hydrogen) atoms. The molecule has 1 unspecified atom stereocenters. The molecule has 1 aliphatic rings. The van der Waals surface area contributed by atoms with Crippen LogP contribution in [0.1, 0.15) is 5.69 Å².